The van der Waals surface area contributed by atoms with E-state index in [0.29, 0.717) is 29.6 Å². The van der Waals surface area contributed by atoms with Crippen molar-refractivity contribution < 1.29 is 47.6 Å². The number of alkyl halides is 3. The lowest BCUT2D eigenvalue weighted by Gasteiger charge is -2.42. The lowest BCUT2D eigenvalue weighted by atomic mass is 9.63. The van der Waals surface area contributed by atoms with Crippen LogP contribution in [0.4, 0.5) is 24.7 Å². The summed E-state index contributed by atoms with van der Waals surface area (Å²) in [5, 5.41) is 36.0. The summed E-state index contributed by atoms with van der Waals surface area (Å²) in [4.78, 5) is 43.7. The van der Waals surface area contributed by atoms with Crippen molar-refractivity contribution in [3.63, 3.8) is 0 Å². The summed E-state index contributed by atoms with van der Waals surface area (Å²) in [6.07, 6.45) is 0.967. The molecule has 84 heavy (non-hydrogen) atoms. The first-order valence-corrected chi connectivity index (χ1v) is 28.6. The lowest BCUT2D eigenvalue weighted by molar-refractivity contribution is -0.145. The van der Waals surface area contributed by atoms with Crippen LogP contribution in [-0.4, -0.2) is 75.9 Å². The number of halogens is 3. The van der Waals surface area contributed by atoms with E-state index in [-0.39, 0.29) is 49.4 Å². The third-order valence-corrected chi connectivity index (χ3v) is 16.7. The quantitative estimate of drug-likeness (QED) is 0.105. The van der Waals surface area contributed by atoms with Crippen LogP contribution in [0.1, 0.15) is 197 Å². The molecule has 0 saturated carbocycles. The number of aromatic carboxylic acids is 3. The molecule has 0 atom stereocenters. The van der Waals surface area contributed by atoms with Crippen LogP contribution in [0, 0.1) is 19.8 Å². The Morgan fingerprint density at radius 2 is 1.12 bits per heavy atom. The molecule has 0 spiro atoms. The van der Waals surface area contributed by atoms with Crippen LogP contribution in [0.5, 0.6) is 5.75 Å². The molecular weight excluding hydrogens is 1070 g/mol. The van der Waals surface area contributed by atoms with Gasteiger partial charge in [0, 0.05) is 18.4 Å². The number of carbonyl (C=O) groups is 3. The fourth-order valence-electron chi connectivity index (χ4n) is 11.5. The zero-order chi connectivity index (χ0) is 61.8. The molecule has 3 N–H and O–H groups in total. The van der Waals surface area contributed by atoms with Gasteiger partial charge in [0.2, 0.25) is 5.82 Å². The number of nitrogens with zero attached hydrogens (tertiary/aromatic N) is 7. The Bertz CT molecular complexity index is 3810. The number of aromatic nitrogens is 6. The van der Waals surface area contributed by atoms with Crippen LogP contribution in [-0.2, 0) is 27.8 Å². The summed E-state index contributed by atoms with van der Waals surface area (Å²) in [6, 6.07) is 26.8. The summed E-state index contributed by atoms with van der Waals surface area (Å²) >= 11 is 0. The fraction of sp³-hybridized carbons (Fsp3) is 0.418. The van der Waals surface area contributed by atoms with Gasteiger partial charge in [0.1, 0.15) is 17.1 Å². The molecule has 0 unspecified atom stereocenters. The molecule has 0 saturated heterocycles. The first-order valence-electron chi connectivity index (χ1n) is 28.6. The maximum absolute atomic E-state index is 14.0. The monoisotopic (exact) mass is 1150 g/mol. The van der Waals surface area contributed by atoms with E-state index in [1.807, 2.05) is 42.8 Å². The van der Waals surface area contributed by atoms with Crippen molar-refractivity contribution in [2.75, 3.05) is 18.1 Å². The highest BCUT2D eigenvalue weighted by Crippen LogP contribution is 2.49. The maximum atomic E-state index is 14.0. The van der Waals surface area contributed by atoms with Gasteiger partial charge in [0.05, 0.1) is 51.2 Å². The van der Waals surface area contributed by atoms with Gasteiger partial charge < -0.3 is 25.0 Å². The number of hydrogen-bond acceptors (Lipinski definition) is 9. The number of rotatable bonds is 12. The zero-order valence-electron chi connectivity index (χ0n) is 50.9. The lowest BCUT2D eigenvalue weighted by Crippen LogP contribution is -2.34. The van der Waals surface area contributed by atoms with E-state index in [1.165, 1.54) is 41.9 Å². The minimum absolute atomic E-state index is 0.00364. The van der Waals surface area contributed by atoms with E-state index in [9.17, 15) is 37.8 Å². The number of fused-ring (bicyclic) bond motifs is 4. The van der Waals surface area contributed by atoms with Crippen molar-refractivity contribution in [3.8, 4) is 17.1 Å². The maximum Gasteiger partial charge on any atom is 0.450 e. The van der Waals surface area contributed by atoms with Gasteiger partial charge >= 0.3 is 24.1 Å². The Kier molecular flexibility index (Phi) is 17.1. The zero-order valence-corrected chi connectivity index (χ0v) is 50.9. The van der Waals surface area contributed by atoms with Gasteiger partial charge in [0.25, 0.3) is 0 Å². The first kappa shape index (κ1) is 62.0. The van der Waals surface area contributed by atoms with Crippen molar-refractivity contribution in [2.24, 2.45) is 5.92 Å². The second kappa shape index (κ2) is 23.2. The molecule has 0 amide bonds. The summed E-state index contributed by atoms with van der Waals surface area (Å²) in [5.74, 6) is -1.75. The molecule has 3 aromatic heterocycles. The number of hydrogen-bond donors (Lipinski definition) is 3. The predicted molar refractivity (Wildman–Crippen MR) is 324 cm³/mol. The average molecular weight is 1150 g/mol. The summed E-state index contributed by atoms with van der Waals surface area (Å²) < 4.78 is 50.9. The van der Waals surface area contributed by atoms with E-state index in [1.54, 1.807) is 30.3 Å². The summed E-state index contributed by atoms with van der Waals surface area (Å²) in [7, 11) is 0. The minimum Gasteiger partial charge on any atom is -0.493 e. The highest BCUT2D eigenvalue weighted by molar-refractivity contribution is 5.94. The molecule has 3 heterocycles. The number of carboxylic acid groups (broad SMARTS) is 3. The highest BCUT2D eigenvalue weighted by Gasteiger charge is 2.42. The van der Waals surface area contributed by atoms with Gasteiger partial charge in [-0.15, -0.1) is 5.10 Å². The molecule has 0 fully saturated rings. The SMILES string of the molecule is CCN(c1ccc(OCC(C)C)c(C(C)C)c1)c1ccc(C(=O)O)cn1.Cc1cc2c(cc1-n1c(C(F)(F)F)nc3cc(C(=O)O)ccc31)C(C)(C)CCC2(C)C.Cc1cc2c(cc1-n1nnc3cc(C(=O)O)ccc31)C(C)(C)CCC2(C)C. The minimum atomic E-state index is -4.69. The summed E-state index contributed by atoms with van der Waals surface area (Å²) in [5.41, 5.74) is 12.4. The van der Waals surface area contributed by atoms with Crippen LogP contribution in [0.2, 0.25) is 0 Å². The molecule has 5 aromatic carbocycles. The number of anilines is 2. The van der Waals surface area contributed by atoms with Crippen LogP contribution in [0.15, 0.2) is 97.2 Å². The van der Waals surface area contributed by atoms with Crippen molar-refractivity contribution in [1.82, 2.24) is 29.5 Å². The first-order chi connectivity index (χ1) is 39.1. The molecule has 0 bridgehead atoms. The largest absolute Gasteiger partial charge is 0.493 e. The molecule has 2 aliphatic rings. The standard InChI is InChI=1S/C24H25F3N2O2.C22H25N3O2.C21H28N2O3/c1-13-10-15-16(23(4,5)9-8-22(15,2)3)12-19(13)29-18-7-6-14(20(30)31)11-17(18)28-21(29)24(25,26)27;1-13-10-15-16(22(4,5)9-8-21(15,2)3)12-19(13)25-18-7-6-14(20(26)27)11-17(18)23-24-25;1-6-23(20-10-7-16(12-22-20)21(24)25)17-8-9-19(26-13-14(2)3)18(11-17)15(4)5/h6-7,10-12H,8-9H2,1-5H3,(H,30,31);6-7,10-12H,8-9H2,1-5H3,(H,26,27);7-12,14-15H,6,13H2,1-5H3,(H,24,25). The van der Waals surface area contributed by atoms with Crippen LogP contribution in [0.3, 0.4) is 0 Å². The van der Waals surface area contributed by atoms with Gasteiger partial charge in [-0.05, 0) is 198 Å². The molecule has 444 valence electrons. The van der Waals surface area contributed by atoms with E-state index in [2.05, 4.69) is 133 Å². The second-order valence-corrected chi connectivity index (χ2v) is 25.7. The van der Waals surface area contributed by atoms with Crippen molar-refractivity contribution in [3.05, 3.63) is 159 Å². The van der Waals surface area contributed by atoms with Crippen molar-refractivity contribution >= 4 is 51.5 Å². The molecular formula is C67H78F3N7O7. The number of pyridine rings is 1. The predicted octanol–water partition coefficient (Wildman–Crippen LogP) is 16.3. The Morgan fingerprint density at radius 3 is 1.60 bits per heavy atom. The number of ether oxygens (including phenoxy) is 1. The number of imidazole rings is 1. The van der Waals surface area contributed by atoms with Crippen LogP contribution < -0.4 is 9.64 Å². The Balaban J connectivity index is 0.000000165. The third-order valence-electron chi connectivity index (χ3n) is 16.7. The van der Waals surface area contributed by atoms with Crippen molar-refractivity contribution in [1.29, 1.82) is 0 Å². The number of benzene rings is 5. The second-order valence-electron chi connectivity index (χ2n) is 25.7. The van der Waals surface area contributed by atoms with E-state index in [0.717, 1.165) is 86.7 Å². The number of carboxylic acids is 3. The van der Waals surface area contributed by atoms with Gasteiger partial charge in [0.15, 0.2) is 0 Å². The van der Waals surface area contributed by atoms with Gasteiger partial charge in [-0.25, -0.2) is 29.0 Å². The molecule has 14 nitrogen and oxygen atoms in total. The van der Waals surface area contributed by atoms with Crippen LogP contribution >= 0.6 is 0 Å². The van der Waals surface area contributed by atoms with E-state index >= 15 is 0 Å². The Hall–Kier alpha value is -8.08. The Morgan fingerprint density at radius 1 is 0.631 bits per heavy atom. The molecule has 0 aliphatic heterocycles. The highest BCUT2D eigenvalue weighted by atomic mass is 19.4. The third kappa shape index (κ3) is 12.6. The molecule has 17 heteroatoms. The molecule has 8 aromatic rings. The normalized spacial score (nSPS) is 15.6. The van der Waals surface area contributed by atoms with Gasteiger partial charge in [-0.3, -0.25) is 4.57 Å². The smallest absolute Gasteiger partial charge is 0.450 e. The number of aryl methyl sites for hydroxylation is 2. The topological polar surface area (TPSA) is 186 Å². The van der Waals surface area contributed by atoms with Gasteiger partial charge in [-0.2, -0.15) is 13.2 Å². The van der Waals surface area contributed by atoms with Gasteiger partial charge in [-0.1, -0.05) is 100 Å². The van der Waals surface area contributed by atoms with E-state index in [4.69, 9.17) is 9.84 Å². The van der Waals surface area contributed by atoms with Crippen LogP contribution in [0.25, 0.3) is 33.4 Å². The average Bonchev–Trinajstić information content (AvgIpc) is 1.40. The van der Waals surface area contributed by atoms with E-state index < -0.39 is 29.9 Å². The molecule has 10 rings (SSSR count). The fourth-order valence-corrected chi connectivity index (χ4v) is 11.5. The van der Waals surface area contributed by atoms with Crippen molar-refractivity contribution in [2.45, 2.75) is 163 Å². The summed E-state index contributed by atoms with van der Waals surface area (Å²) in [6.45, 7) is 33.8. The molecule has 0 radical (unpaired) electrons. The Labute approximate surface area is 489 Å². The molecule has 2 aliphatic carbocycles.